The van der Waals surface area contributed by atoms with Crippen molar-refractivity contribution in [2.75, 3.05) is 13.1 Å². The molecule has 1 aromatic carbocycles. The maximum absolute atomic E-state index is 12.9. The molecule has 1 heterocycles. The van der Waals surface area contributed by atoms with Gasteiger partial charge in [-0.25, -0.2) is 0 Å². The summed E-state index contributed by atoms with van der Waals surface area (Å²) < 4.78 is 66.8. The van der Waals surface area contributed by atoms with Gasteiger partial charge in [0.15, 0.2) is 0 Å². The molecule has 2 bridgehead atoms. The van der Waals surface area contributed by atoms with Gasteiger partial charge in [0.05, 0.1) is 5.54 Å². The van der Waals surface area contributed by atoms with E-state index in [4.69, 9.17) is 0 Å². The van der Waals surface area contributed by atoms with Gasteiger partial charge in [-0.1, -0.05) is 12.0 Å². The van der Waals surface area contributed by atoms with Gasteiger partial charge in [-0.15, -0.1) is 5.92 Å². The van der Waals surface area contributed by atoms with Gasteiger partial charge in [0.25, 0.3) is 10.2 Å². The van der Waals surface area contributed by atoms with Crippen LogP contribution >= 0.6 is 0 Å². The summed E-state index contributed by atoms with van der Waals surface area (Å²) in [6.45, 7) is 0.220. The van der Waals surface area contributed by atoms with Crippen LogP contribution in [0, 0.1) is 23.7 Å². The Hall–Kier alpha value is -1.56. The molecule has 3 atom stereocenters. The van der Waals surface area contributed by atoms with Gasteiger partial charge in [0, 0.05) is 12.1 Å². The predicted molar refractivity (Wildman–Crippen MR) is 95.0 cm³/mol. The Labute approximate surface area is 157 Å². The highest BCUT2D eigenvalue weighted by molar-refractivity contribution is 7.87. The smallest absolute Gasteiger partial charge is 0.195 e. The molecule has 4 rings (SSSR count). The molecular formula is C19H21F3N2O2S. The van der Waals surface area contributed by atoms with Crippen molar-refractivity contribution in [1.82, 2.24) is 9.03 Å². The second-order valence-electron chi connectivity index (χ2n) is 7.77. The summed E-state index contributed by atoms with van der Waals surface area (Å²) in [6, 6.07) is 6.02. The maximum Gasteiger partial charge on any atom is 0.402 e. The van der Waals surface area contributed by atoms with Crippen LogP contribution in [0.3, 0.4) is 0 Å². The van der Waals surface area contributed by atoms with Crippen LogP contribution in [0.15, 0.2) is 18.2 Å². The molecule has 1 aliphatic heterocycles. The molecule has 3 aliphatic rings. The zero-order valence-corrected chi connectivity index (χ0v) is 15.8. The van der Waals surface area contributed by atoms with E-state index < -0.39 is 28.5 Å². The summed E-state index contributed by atoms with van der Waals surface area (Å²) in [5.74, 6) is 5.89. The lowest BCUT2D eigenvalue weighted by atomic mass is 9.79. The second-order valence-corrected chi connectivity index (χ2v) is 9.44. The van der Waals surface area contributed by atoms with Crippen LogP contribution in [0.2, 0.25) is 0 Å². The van der Waals surface area contributed by atoms with Crippen LogP contribution in [0.25, 0.3) is 0 Å². The van der Waals surface area contributed by atoms with Gasteiger partial charge in [-0.05, 0) is 67.7 Å². The zero-order chi connectivity index (χ0) is 19.4. The molecule has 1 aromatic rings. The molecule has 1 N–H and O–H groups in total. The monoisotopic (exact) mass is 398 g/mol. The number of hydrogen-bond donors (Lipinski definition) is 1. The Morgan fingerprint density at radius 2 is 1.89 bits per heavy atom. The van der Waals surface area contributed by atoms with Crippen molar-refractivity contribution in [2.45, 2.75) is 44.3 Å². The Balaban J connectivity index is 1.69. The molecule has 2 fully saturated rings. The molecular weight excluding hydrogens is 377 g/mol. The molecule has 0 radical (unpaired) electrons. The first-order valence-electron chi connectivity index (χ1n) is 9.03. The average Bonchev–Trinajstić information content (AvgIpc) is 2.92. The average molecular weight is 398 g/mol. The maximum atomic E-state index is 12.9. The first-order chi connectivity index (χ1) is 12.6. The number of rotatable bonds is 1. The van der Waals surface area contributed by atoms with Crippen molar-refractivity contribution in [2.24, 2.45) is 11.8 Å². The minimum absolute atomic E-state index is 0.000122. The second kappa shape index (κ2) is 6.23. The fourth-order valence-corrected chi connectivity index (χ4v) is 6.77. The lowest BCUT2D eigenvalue weighted by Crippen LogP contribution is -2.52. The SMILES string of the molecule is CC#Cc1ccc2c(c1)C[C@H]1CC[C@@H](C2)[C@]12CN(CC(F)(F)F)S(=O)(=O)N2. The summed E-state index contributed by atoms with van der Waals surface area (Å²) in [6.07, 6.45) is -1.58. The van der Waals surface area contributed by atoms with E-state index in [-0.39, 0.29) is 18.4 Å². The molecule has 4 nitrogen and oxygen atoms in total. The van der Waals surface area contributed by atoms with Crippen molar-refractivity contribution in [3.63, 3.8) is 0 Å². The van der Waals surface area contributed by atoms with Crippen molar-refractivity contribution < 1.29 is 21.6 Å². The quantitative estimate of drug-likeness (QED) is 0.740. The van der Waals surface area contributed by atoms with Crippen molar-refractivity contribution in [1.29, 1.82) is 0 Å². The van der Waals surface area contributed by atoms with Crippen molar-refractivity contribution >= 4 is 10.2 Å². The largest absolute Gasteiger partial charge is 0.402 e. The van der Waals surface area contributed by atoms with Crippen molar-refractivity contribution in [3.8, 4) is 11.8 Å². The normalized spacial score (nSPS) is 32.0. The van der Waals surface area contributed by atoms with Gasteiger partial charge in [-0.2, -0.15) is 30.6 Å². The summed E-state index contributed by atoms with van der Waals surface area (Å²) >= 11 is 0. The standard InChI is InChI=1S/C19H21F3N2O2S/c1-2-3-13-4-5-14-9-16-6-7-17(10-15(14)8-13)18(16)11-24(12-19(20,21)22)27(25,26)23-18/h4-5,8,16-17,23H,6-7,9-12H2,1H3/t16-,17+,18+/m0/s1. The molecule has 1 saturated heterocycles. The number of fused-ring (bicyclic) bond motifs is 1. The van der Waals surface area contributed by atoms with Gasteiger partial charge >= 0.3 is 6.18 Å². The summed E-state index contributed by atoms with van der Waals surface area (Å²) in [7, 11) is -4.13. The van der Waals surface area contributed by atoms with Gasteiger partial charge in [0.1, 0.15) is 6.54 Å². The molecule has 146 valence electrons. The molecule has 2 aliphatic carbocycles. The number of alkyl halides is 3. The lowest BCUT2D eigenvalue weighted by molar-refractivity contribution is -0.136. The van der Waals surface area contributed by atoms with E-state index in [2.05, 4.69) is 16.6 Å². The molecule has 1 spiro atoms. The highest BCUT2D eigenvalue weighted by atomic mass is 32.2. The van der Waals surface area contributed by atoms with E-state index in [9.17, 15) is 21.6 Å². The Morgan fingerprint density at radius 1 is 1.22 bits per heavy atom. The number of nitrogens with zero attached hydrogens (tertiary/aromatic N) is 1. The summed E-state index contributed by atoms with van der Waals surface area (Å²) in [5, 5.41) is 0. The fourth-order valence-electron chi connectivity index (χ4n) is 5.07. The Bertz CT molecular complexity index is 932. The molecule has 0 aromatic heterocycles. The third-order valence-corrected chi connectivity index (χ3v) is 7.76. The number of nitrogens with one attached hydrogen (secondary N) is 1. The van der Waals surface area contributed by atoms with Crippen LogP contribution < -0.4 is 4.72 Å². The highest BCUT2D eigenvalue weighted by Gasteiger charge is 2.60. The van der Waals surface area contributed by atoms with Gasteiger partial charge in [0.2, 0.25) is 0 Å². The number of halogens is 3. The minimum atomic E-state index is -4.55. The lowest BCUT2D eigenvalue weighted by Gasteiger charge is -2.33. The van der Waals surface area contributed by atoms with E-state index in [1.807, 2.05) is 18.2 Å². The predicted octanol–water partition coefficient (Wildman–Crippen LogP) is 2.63. The zero-order valence-electron chi connectivity index (χ0n) is 14.9. The fraction of sp³-hybridized carbons (Fsp3) is 0.579. The molecule has 0 amide bonds. The molecule has 1 saturated carbocycles. The third kappa shape index (κ3) is 3.26. The van der Waals surface area contributed by atoms with E-state index in [1.165, 1.54) is 0 Å². The van der Waals surface area contributed by atoms with Crippen molar-refractivity contribution in [3.05, 3.63) is 34.9 Å². The first kappa shape index (κ1) is 18.8. The van der Waals surface area contributed by atoms with Crippen LogP contribution in [0.4, 0.5) is 13.2 Å². The summed E-state index contributed by atoms with van der Waals surface area (Å²) in [4.78, 5) is 0. The molecule has 0 unspecified atom stereocenters. The topological polar surface area (TPSA) is 49.4 Å². The Kier molecular flexibility index (Phi) is 4.33. The van der Waals surface area contributed by atoms with Crippen LogP contribution in [-0.2, 0) is 23.1 Å². The van der Waals surface area contributed by atoms with Crippen LogP contribution in [-0.4, -0.2) is 37.5 Å². The molecule has 8 heteroatoms. The number of benzene rings is 1. The first-order valence-corrected chi connectivity index (χ1v) is 10.5. The number of hydrogen-bond acceptors (Lipinski definition) is 2. The Morgan fingerprint density at radius 3 is 2.52 bits per heavy atom. The minimum Gasteiger partial charge on any atom is -0.195 e. The highest BCUT2D eigenvalue weighted by Crippen LogP contribution is 2.50. The van der Waals surface area contributed by atoms with Gasteiger partial charge in [-0.3, -0.25) is 0 Å². The van der Waals surface area contributed by atoms with Gasteiger partial charge < -0.3 is 0 Å². The van der Waals surface area contributed by atoms with E-state index in [0.717, 1.165) is 29.5 Å². The van der Waals surface area contributed by atoms with E-state index >= 15 is 0 Å². The summed E-state index contributed by atoms with van der Waals surface area (Å²) in [5.41, 5.74) is 2.38. The molecule has 27 heavy (non-hydrogen) atoms. The van der Waals surface area contributed by atoms with E-state index in [0.29, 0.717) is 17.1 Å². The van der Waals surface area contributed by atoms with Crippen LogP contribution in [0.5, 0.6) is 0 Å². The third-order valence-electron chi connectivity index (χ3n) is 6.18. The van der Waals surface area contributed by atoms with E-state index in [1.54, 1.807) is 6.92 Å². The van der Waals surface area contributed by atoms with Crippen LogP contribution in [0.1, 0.15) is 36.5 Å².